The highest BCUT2D eigenvalue weighted by molar-refractivity contribution is 7.07. The van der Waals surface area contributed by atoms with E-state index in [0.29, 0.717) is 16.9 Å². The second-order valence-corrected chi connectivity index (χ2v) is 6.70. The van der Waals surface area contributed by atoms with E-state index in [9.17, 15) is 18.8 Å². The normalized spacial score (nSPS) is 10.6. The van der Waals surface area contributed by atoms with Crippen LogP contribution < -0.4 is 9.61 Å². The predicted molar refractivity (Wildman–Crippen MR) is 99.8 cm³/mol. The van der Waals surface area contributed by atoms with E-state index in [4.69, 9.17) is 4.74 Å². The third kappa shape index (κ3) is 4.57. The molecule has 0 saturated heterocycles. The summed E-state index contributed by atoms with van der Waals surface area (Å²) >= 11 is 1.09. The quantitative estimate of drug-likeness (QED) is 0.370. The van der Waals surface area contributed by atoms with Crippen LogP contribution in [0, 0.1) is 12.7 Å². The Balaban J connectivity index is 1.60. The van der Waals surface area contributed by atoms with Crippen LogP contribution in [0.4, 0.5) is 4.39 Å². The van der Waals surface area contributed by atoms with Crippen LogP contribution >= 0.6 is 11.3 Å². The van der Waals surface area contributed by atoms with Crippen LogP contribution in [-0.2, 0) is 11.3 Å². The van der Waals surface area contributed by atoms with E-state index in [2.05, 4.69) is 0 Å². The number of halogens is 1. The third-order valence-corrected chi connectivity index (χ3v) is 4.85. The molecular formula is C20H16FNO4S. The average Bonchev–Trinajstić information content (AvgIpc) is 2.98. The van der Waals surface area contributed by atoms with Crippen LogP contribution in [0.25, 0.3) is 0 Å². The maximum absolute atomic E-state index is 12.9. The van der Waals surface area contributed by atoms with Crippen LogP contribution in [0.15, 0.2) is 58.7 Å². The molecule has 0 aliphatic carbocycles. The van der Waals surface area contributed by atoms with Gasteiger partial charge in [-0.1, -0.05) is 11.3 Å². The molecule has 3 aromatic rings. The van der Waals surface area contributed by atoms with Gasteiger partial charge in [0, 0.05) is 28.7 Å². The number of carbonyl (C=O) groups excluding carboxylic acids is 2. The fraction of sp³-hybridized carbons (Fsp3) is 0.150. The molecule has 138 valence electrons. The lowest BCUT2D eigenvalue weighted by Gasteiger charge is -2.07. The number of aromatic nitrogens is 1. The van der Waals surface area contributed by atoms with Crippen molar-refractivity contribution < 1.29 is 18.7 Å². The molecule has 27 heavy (non-hydrogen) atoms. The molecule has 0 bridgehead atoms. The van der Waals surface area contributed by atoms with Crippen LogP contribution in [-0.4, -0.2) is 16.3 Å². The maximum atomic E-state index is 12.9. The zero-order chi connectivity index (χ0) is 19.4. The molecule has 0 spiro atoms. The number of aryl methyl sites for hydroxylation is 1. The Morgan fingerprint density at radius 3 is 2.19 bits per heavy atom. The SMILES string of the molecule is Cc1csc(=O)n1CCC(=O)Oc1ccc(C(=O)c2ccc(F)cc2)cc1. The van der Waals surface area contributed by atoms with Gasteiger partial charge in [-0.15, -0.1) is 0 Å². The number of thiazole rings is 1. The van der Waals surface area contributed by atoms with Gasteiger partial charge in [-0.3, -0.25) is 14.4 Å². The van der Waals surface area contributed by atoms with Crippen molar-refractivity contribution in [1.82, 2.24) is 4.57 Å². The Morgan fingerprint density at radius 1 is 1.04 bits per heavy atom. The summed E-state index contributed by atoms with van der Waals surface area (Å²) in [5, 5.41) is 1.74. The fourth-order valence-corrected chi connectivity index (χ4v) is 3.26. The average molecular weight is 385 g/mol. The lowest BCUT2D eigenvalue weighted by Crippen LogP contribution is -2.19. The number of hydrogen-bond acceptors (Lipinski definition) is 5. The second-order valence-electron chi connectivity index (χ2n) is 5.88. The summed E-state index contributed by atoms with van der Waals surface area (Å²) in [7, 11) is 0. The smallest absolute Gasteiger partial charge is 0.312 e. The molecule has 0 radical (unpaired) electrons. The van der Waals surface area contributed by atoms with Crippen molar-refractivity contribution in [2.75, 3.05) is 0 Å². The molecule has 0 saturated carbocycles. The minimum absolute atomic E-state index is 0.0632. The van der Waals surface area contributed by atoms with E-state index in [-0.39, 0.29) is 23.6 Å². The number of ether oxygens (including phenoxy) is 1. The Hall–Kier alpha value is -3.06. The summed E-state index contributed by atoms with van der Waals surface area (Å²) < 4.78 is 19.7. The molecule has 5 nitrogen and oxygen atoms in total. The third-order valence-electron chi connectivity index (χ3n) is 3.97. The minimum atomic E-state index is -0.467. The first-order valence-corrected chi connectivity index (χ1v) is 9.08. The Morgan fingerprint density at radius 2 is 1.63 bits per heavy atom. The molecule has 0 unspecified atom stereocenters. The summed E-state index contributed by atoms with van der Waals surface area (Å²) in [5.41, 5.74) is 1.58. The van der Waals surface area contributed by atoms with Crippen LogP contribution in [0.2, 0.25) is 0 Å². The monoisotopic (exact) mass is 385 g/mol. The van der Waals surface area contributed by atoms with Crippen molar-refractivity contribution in [3.05, 3.63) is 86.2 Å². The van der Waals surface area contributed by atoms with Gasteiger partial charge in [0.1, 0.15) is 11.6 Å². The van der Waals surface area contributed by atoms with Gasteiger partial charge in [-0.05, 0) is 55.5 Å². The molecule has 0 aliphatic rings. The molecule has 0 N–H and O–H groups in total. The highest BCUT2D eigenvalue weighted by Gasteiger charge is 2.11. The van der Waals surface area contributed by atoms with Crippen molar-refractivity contribution in [3.63, 3.8) is 0 Å². The molecule has 1 heterocycles. The summed E-state index contributed by atoms with van der Waals surface area (Å²) in [6.07, 6.45) is 0.0632. The van der Waals surface area contributed by atoms with E-state index in [0.717, 1.165) is 17.0 Å². The van der Waals surface area contributed by atoms with Crippen molar-refractivity contribution in [1.29, 1.82) is 0 Å². The van der Waals surface area contributed by atoms with Crippen molar-refractivity contribution >= 4 is 23.1 Å². The molecule has 0 atom stereocenters. The highest BCUT2D eigenvalue weighted by Crippen LogP contribution is 2.16. The van der Waals surface area contributed by atoms with E-state index < -0.39 is 11.8 Å². The van der Waals surface area contributed by atoms with Gasteiger partial charge in [0.05, 0.1) is 6.42 Å². The standard InChI is InChI=1S/C20H16FNO4S/c1-13-12-27-20(25)22(13)11-10-18(23)26-17-8-4-15(5-9-17)19(24)14-2-6-16(21)7-3-14/h2-9,12H,10-11H2,1H3. The van der Waals surface area contributed by atoms with Crippen LogP contribution in [0.3, 0.4) is 0 Å². The number of carbonyl (C=O) groups is 2. The summed E-state index contributed by atoms with van der Waals surface area (Å²) in [6, 6.07) is 11.4. The maximum Gasteiger partial charge on any atom is 0.312 e. The van der Waals surface area contributed by atoms with Gasteiger partial charge < -0.3 is 9.30 Å². The molecule has 0 amide bonds. The van der Waals surface area contributed by atoms with E-state index in [1.165, 1.54) is 41.0 Å². The molecule has 0 aliphatic heterocycles. The Labute approximate surface area is 158 Å². The van der Waals surface area contributed by atoms with Crippen LogP contribution in [0.5, 0.6) is 5.75 Å². The summed E-state index contributed by atoms with van der Waals surface area (Å²) in [5.74, 6) is -0.816. The van der Waals surface area contributed by atoms with Crippen LogP contribution in [0.1, 0.15) is 28.0 Å². The highest BCUT2D eigenvalue weighted by atomic mass is 32.1. The number of esters is 1. The zero-order valence-corrected chi connectivity index (χ0v) is 15.3. The largest absolute Gasteiger partial charge is 0.426 e. The summed E-state index contributed by atoms with van der Waals surface area (Å²) in [4.78, 5) is 35.8. The Kier molecular flexibility index (Phi) is 5.61. The topological polar surface area (TPSA) is 65.4 Å². The van der Waals surface area contributed by atoms with Gasteiger partial charge in [0.2, 0.25) is 0 Å². The van der Waals surface area contributed by atoms with Gasteiger partial charge in [0.25, 0.3) is 0 Å². The van der Waals surface area contributed by atoms with Crippen molar-refractivity contribution in [2.24, 2.45) is 0 Å². The number of rotatable bonds is 6. The fourth-order valence-electron chi connectivity index (χ4n) is 2.50. The number of ketones is 1. The van der Waals surface area contributed by atoms with Gasteiger partial charge in [0.15, 0.2) is 5.78 Å². The second kappa shape index (κ2) is 8.09. The van der Waals surface area contributed by atoms with Gasteiger partial charge in [-0.25, -0.2) is 4.39 Å². The van der Waals surface area contributed by atoms with Gasteiger partial charge >= 0.3 is 10.8 Å². The van der Waals surface area contributed by atoms with E-state index >= 15 is 0 Å². The molecule has 1 aromatic heterocycles. The van der Waals surface area contributed by atoms with Crippen molar-refractivity contribution in [3.8, 4) is 5.75 Å². The number of nitrogens with zero attached hydrogens (tertiary/aromatic N) is 1. The molecule has 2 aromatic carbocycles. The van der Waals surface area contributed by atoms with E-state index in [1.54, 1.807) is 24.4 Å². The first kappa shape index (κ1) is 18.7. The molecular weight excluding hydrogens is 369 g/mol. The zero-order valence-electron chi connectivity index (χ0n) is 14.5. The molecule has 7 heteroatoms. The lowest BCUT2D eigenvalue weighted by molar-refractivity contribution is -0.134. The lowest BCUT2D eigenvalue weighted by atomic mass is 10.0. The molecule has 0 fully saturated rings. The Bertz CT molecular complexity index is 1020. The summed E-state index contributed by atoms with van der Waals surface area (Å²) in [6.45, 7) is 2.06. The predicted octanol–water partition coefficient (Wildman–Crippen LogP) is 3.58. The van der Waals surface area contributed by atoms with Gasteiger partial charge in [-0.2, -0.15) is 0 Å². The number of hydrogen-bond donors (Lipinski definition) is 0. The van der Waals surface area contributed by atoms with Crippen molar-refractivity contribution in [2.45, 2.75) is 19.9 Å². The number of benzene rings is 2. The first-order valence-electron chi connectivity index (χ1n) is 8.20. The van der Waals surface area contributed by atoms with E-state index in [1.807, 2.05) is 0 Å². The molecule has 3 rings (SSSR count). The first-order chi connectivity index (χ1) is 12.9. The minimum Gasteiger partial charge on any atom is -0.426 e.